The second-order valence-corrected chi connectivity index (χ2v) is 7.62. The molecule has 0 aliphatic rings. The molecule has 0 fully saturated rings. The van der Waals surface area contributed by atoms with Gasteiger partial charge >= 0.3 is 0 Å². The van der Waals surface area contributed by atoms with Crippen LogP contribution < -0.4 is 15.9 Å². The Kier molecular flexibility index (Phi) is 3.82. The van der Waals surface area contributed by atoms with Crippen molar-refractivity contribution in [2.45, 2.75) is 0 Å². The van der Waals surface area contributed by atoms with E-state index < -0.39 is 18.7 Å². The molecule has 0 amide bonds. The first-order valence-corrected chi connectivity index (χ1v) is 8.54. The fraction of sp³-hybridized carbons (Fsp3) is 0. The van der Waals surface area contributed by atoms with E-state index in [1.165, 1.54) is 12.1 Å². The number of phenols is 1. The summed E-state index contributed by atoms with van der Waals surface area (Å²) in [5.74, 6) is -1.33. The van der Waals surface area contributed by atoms with Gasteiger partial charge in [-0.25, -0.2) is 4.39 Å². The first-order valence-electron chi connectivity index (χ1n) is 6.83. The number of halogens is 1. The van der Waals surface area contributed by atoms with Gasteiger partial charge in [-0.15, -0.1) is 0 Å². The molecule has 2 nitrogen and oxygen atoms in total. The van der Waals surface area contributed by atoms with Gasteiger partial charge in [0.25, 0.3) is 0 Å². The third kappa shape index (κ3) is 2.34. The molecule has 110 valence electrons. The minimum atomic E-state index is -3.33. The van der Waals surface area contributed by atoms with Crippen molar-refractivity contribution < 1.29 is 14.1 Å². The van der Waals surface area contributed by atoms with Crippen LogP contribution >= 0.6 is 7.14 Å². The van der Waals surface area contributed by atoms with Crippen molar-refractivity contribution in [1.29, 1.82) is 0 Å². The Morgan fingerprint density at radius 1 is 0.727 bits per heavy atom. The zero-order valence-electron chi connectivity index (χ0n) is 11.7. The van der Waals surface area contributed by atoms with Crippen LogP contribution in [0.3, 0.4) is 0 Å². The van der Waals surface area contributed by atoms with Gasteiger partial charge in [0.15, 0.2) is 18.7 Å². The average Bonchev–Trinajstić information content (AvgIpc) is 2.58. The number of hydrogen-bond donors (Lipinski definition) is 1. The highest BCUT2D eigenvalue weighted by atomic mass is 31.2. The van der Waals surface area contributed by atoms with Gasteiger partial charge in [-0.3, -0.25) is 0 Å². The van der Waals surface area contributed by atoms with E-state index in [1.54, 1.807) is 48.5 Å². The molecule has 3 aromatic rings. The molecule has 0 heterocycles. The third-order valence-electron chi connectivity index (χ3n) is 3.54. The van der Waals surface area contributed by atoms with Gasteiger partial charge in [0, 0.05) is 10.6 Å². The van der Waals surface area contributed by atoms with Crippen molar-refractivity contribution in [2.24, 2.45) is 0 Å². The lowest BCUT2D eigenvalue weighted by molar-refractivity contribution is 0.436. The molecule has 3 aromatic carbocycles. The van der Waals surface area contributed by atoms with E-state index in [9.17, 15) is 14.1 Å². The molecule has 0 saturated carbocycles. The lowest BCUT2D eigenvalue weighted by Gasteiger charge is -2.20. The van der Waals surface area contributed by atoms with Crippen LogP contribution in [0.15, 0.2) is 78.9 Å². The van der Waals surface area contributed by atoms with Gasteiger partial charge in [-0.05, 0) is 12.1 Å². The van der Waals surface area contributed by atoms with E-state index >= 15 is 0 Å². The zero-order valence-corrected chi connectivity index (χ0v) is 12.6. The fourth-order valence-electron chi connectivity index (χ4n) is 2.46. The number of rotatable bonds is 3. The second kappa shape index (κ2) is 5.78. The number of benzene rings is 3. The highest BCUT2D eigenvalue weighted by Crippen LogP contribution is 2.45. The van der Waals surface area contributed by atoms with Crippen molar-refractivity contribution in [2.75, 3.05) is 0 Å². The van der Waals surface area contributed by atoms with Crippen LogP contribution in [0.1, 0.15) is 0 Å². The predicted octanol–water partition coefficient (Wildman–Crippen LogP) is 3.17. The molecular weight excluding hydrogens is 298 g/mol. The molecule has 0 saturated heterocycles. The molecule has 0 spiro atoms. The Labute approximate surface area is 128 Å². The Hall–Kier alpha value is -2.38. The molecule has 0 aromatic heterocycles. The predicted molar refractivity (Wildman–Crippen MR) is 87.5 cm³/mol. The van der Waals surface area contributed by atoms with Gasteiger partial charge in [0.2, 0.25) is 0 Å². The minimum Gasteiger partial charge on any atom is -0.504 e. The monoisotopic (exact) mass is 312 g/mol. The second-order valence-electron chi connectivity index (χ2n) is 4.89. The SMILES string of the molecule is O=P(c1ccccc1)(c1ccccc1)c1cccc(F)c1O. The average molecular weight is 312 g/mol. The van der Waals surface area contributed by atoms with Crippen LogP contribution in [0.2, 0.25) is 0 Å². The summed E-state index contributed by atoms with van der Waals surface area (Å²) in [7, 11) is -3.33. The number of phenolic OH excluding ortho intramolecular Hbond substituents is 1. The maximum absolute atomic E-state index is 13.9. The number of hydrogen-bond acceptors (Lipinski definition) is 2. The summed E-state index contributed by atoms with van der Waals surface area (Å²) in [4.78, 5) is 0. The Morgan fingerprint density at radius 2 is 1.23 bits per heavy atom. The summed E-state index contributed by atoms with van der Waals surface area (Å²) >= 11 is 0. The Bertz CT molecular complexity index is 789. The molecule has 22 heavy (non-hydrogen) atoms. The minimum absolute atomic E-state index is 0.116. The molecule has 0 unspecified atom stereocenters. The van der Waals surface area contributed by atoms with Crippen LogP contribution in [0.4, 0.5) is 4.39 Å². The molecule has 3 rings (SSSR count). The van der Waals surface area contributed by atoms with Crippen molar-refractivity contribution in [1.82, 2.24) is 0 Å². The summed E-state index contributed by atoms with van der Waals surface area (Å²) in [5.41, 5.74) is 0. The Balaban J connectivity index is 2.34. The Morgan fingerprint density at radius 3 is 1.73 bits per heavy atom. The molecular formula is C18H14FO2P. The van der Waals surface area contributed by atoms with Crippen LogP contribution in [0, 0.1) is 5.82 Å². The number of para-hydroxylation sites is 1. The quantitative estimate of drug-likeness (QED) is 0.754. The largest absolute Gasteiger partial charge is 0.504 e. The van der Waals surface area contributed by atoms with Gasteiger partial charge in [0.1, 0.15) is 0 Å². The lowest BCUT2D eigenvalue weighted by Crippen LogP contribution is -2.25. The molecule has 0 radical (unpaired) electrons. The molecule has 0 aliphatic carbocycles. The van der Waals surface area contributed by atoms with Crippen molar-refractivity contribution in [3.05, 3.63) is 84.7 Å². The molecule has 0 atom stereocenters. The van der Waals surface area contributed by atoms with Crippen molar-refractivity contribution >= 4 is 23.1 Å². The molecule has 0 aliphatic heterocycles. The lowest BCUT2D eigenvalue weighted by atomic mass is 10.3. The third-order valence-corrected chi connectivity index (χ3v) is 6.63. The summed E-state index contributed by atoms with van der Waals surface area (Å²) in [6, 6.07) is 21.8. The normalized spacial score (nSPS) is 11.3. The van der Waals surface area contributed by atoms with Crippen LogP contribution in [0.25, 0.3) is 0 Å². The maximum Gasteiger partial charge on any atom is 0.174 e. The molecule has 1 N–H and O–H groups in total. The van der Waals surface area contributed by atoms with E-state index in [1.807, 2.05) is 12.1 Å². The van der Waals surface area contributed by atoms with Gasteiger partial charge in [-0.2, -0.15) is 0 Å². The smallest absolute Gasteiger partial charge is 0.174 e. The summed E-state index contributed by atoms with van der Waals surface area (Å²) < 4.78 is 27.6. The summed E-state index contributed by atoms with van der Waals surface area (Å²) in [5, 5.41) is 11.3. The van der Waals surface area contributed by atoms with Gasteiger partial charge in [0.05, 0.1) is 5.30 Å². The van der Waals surface area contributed by atoms with E-state index in [0.717, 1.165) is 6.07 Å². The molecule has 0 bridgehead atoms. The first-order chi connectivity index (χ1) is 10.6. The van der Waals surface area contributed by atoms with Gasteiger partial charge in [-0.1, -0.05) is 66.7 Å². The zero-order chi connectivity index (χ0) is 15.6. The molecule has 4 heteroatoms. The van der Waals surface area contributed by atoms with Crippen LogP contribution in [-0.4, -0.2) is 5.11 Å². The van der Waals surface area contributed by atoms with Gasteiger partial charge < -0.3 is 9.67 Å². The fourth-order valence-corrected chi connectivity index (χ4v) is 5.20. The first kappa shape index (κ1) is 14.6. The van der Waals surface area contributed by atoms with E-state index in [4.69, 9.17) is 0 Å². The van der Waals surface area contributed by atoms with E-state index in [0.29, 0.717) is 10.6 Å². The highest BCUT2D eigenvalue weighted by molar-refractivity contribution is 7.85. The van der Waals surface area contributed by atoms with Crippen molar-refractivity contribution in [3.63, 3.8) is 0 Å². The van der Waals surface area contributed by atoms with E-state index in [2.05, 4.69) is 0 Å². The number of aromatic hydroxyl groups is 1. The summed E-state index contributed by atoms with van der Waals surface area (Å²) in [6.45, 7) is 0. The topological polar surface area (TPSA) is 37.3 Å². The standard InChI is InChI=1S/C18H14FO2P/c19-16-12-7-13-17(18(16)20)22(21,14-8-3-1-4-9-14)15-10-5-2-6-11-15/h1-13,20H. The van der Waals surface area contributed by atoms with E-state index in [-0.39, 0.29) is 5.30 Å². The summed E-state index contributed by atoms with van der Waals surface area (Å²) in [6.07, 6.45) is 0. The highest BCUT2D eigenvalue weighted by Gasteiger charge is 2.32. The van der Waals surface area contributed by atoms with Crippen LogP contribution in [0.5, 0.6) is 5.75 Å². The van der Waals surface area contributed by atoms with Crippen molar-refractivity contribution in [3.8, 4) is 5.75 Å². The van der Waals surface area contributed by atoms with Crippen LogP contribution in [-0.2, 0) is 4.57 Å². The maximum atomic E-state index is 13.9.